The largest absolute Gasteiger partial charge is 0.497 e. The number of hydrogen-bond donors (Lipinski definition) is 3. The lowest BCUT2D eigenvalue weighted by molar-refractivity contribution is -0.114. The van der Waals surface area contributed by atoms with E-state index in [1.807, 2.05) is 49.4 Å². The van der Waals surface area contributed by atoms with Crippen molar-refractivity contribution >= 4 is 23.2 Å². The molecule has 0 bridgehead atoms. The van der Waals surface area contributed by atoms with Gasteiger partial charge in [-0.2, -0.15) is 0 Å². The molecule has 0 fully saturated rings. The van der Waals surface area contributed by atoms with E-state index in [-0.39, 0.29) is 18.4 Å². The van der Waals surface area contributed by atoms with Crippen molar-refractivity contribution in [2.75, 3.05) is 24.3 Å². The van der Waals surface area contributed by atoms with Crippen molar-refractivity contribution in [1.82, 2.24) is 5.32 Å². The maximum absolute atomic E-state index is 12.4. The first-order chi connectivity index (χ1) is 14.9. The Kier molecular flexibility index (Phi) is 7.27. The second-order valence-electron chi connectivity index (χ2n) is 7.31. The van der Waals surface area contributed by atoms with Gasteiger partial charge in [-0.1, -0.05) is 18.2 Å². The van der Waals surface area contributed by atoms with Gasteiger partial charge in [-0.15, -0.1) is 0 Å². The van der Waals surface area contributed by atoms with E-state index in [0.717, 1.165) is 17.0 Å². The molecular weight excluding hydrogens is 390 g/mol. The minimum atomic E-state index is -0.176. The molecule has 0 aliphatic rings. The number of nitrogens with one attached hydrogen (secondary N) is 3. The third-order valence-corrected chi connectivity index (χ3v) is 5.00. The fourth-order valence-corrected chi connectivity index (χ4v) is 2.97. The summed E-state index contributed by atoms with van der Waals surface area (Å²) in [6, 6.07) is 20.3. The van der Waals surface area contributed by atoms with Gasteiger partial charge >= 0.3 is 0 Å². The summed E-state index contributed by atoms with van der Waals surface area (Å²) in [7, 11) is 1.62. The van der Waals surface area contributed by atoms with Crippen LogP contribution in [-0.4, -0.2) is 25.5 Å². The number of benzene rings is 3. The molecule has 2 amide bonds. The minimum absolute atomic E-state index is 0.157. The number of carbonyl (C=O) groups is 2. The Balaban J connectivity index is 1.47. The quantitative estimate of drug-likeness (QED) is 0.511. The molecule has 0 unspecified atom stereocenters. The van der Waals surface area contributed by atoms with Crippen LogP contribution >= 0.6 is 0 Å². The molecule has 0 spiro atoms. The van der Waals surface area contributed by atoms with Gasteiger partial charge in [0.05, 0.1) is 13.7 Å². The SMILES string of the molecule is COc1ccc(CNC(=O)c2ccc(NC(=O)CNc3ccc(C)c(C)c3)cc2)cc1. The van der Waals surface area contributed by atoms with Crippen molar-refractivity contribution in [3.05, 3.63) is 89.0 Å². The van der Waals surface area contributed by atoms with Crippen LogP contribution in [0.2, 0.25) is 0 Å². The number of anilines is 2. The Bertz CT molecular complexity index is 1040. The van der Waals surface area contributed by atoms with Crippen LogP contribution in [-0.2, 0) is 11.3 Å². The van der Waals surface area contributed by atoms with Gasteiger partial charge in [0.15, 0.2) is 0 Å². The third-order valence-electron chi connectivity index (χ3n) is 5.00. The summed E-state index contributed by atoms with van der Waals surface area (Å²) < 4.78 is 5.13. The summed E-state index contributed by atoms with van der Waals surface area (Å²) in [4.78, 5) is 24.6. The average molecular weight is 418 g/mol. The molecule has 3 N–H and O–H groups in total. The maximum atomic E-state index is 12.4. The Morgan fingerprint density at radius 3 is 2.16 bits per heavy atom. The molecular formula is C25H27N3O3. The number of carbonyl (C=O) groups excluding carboxylic acids is 2. The lowest BCUT2D eigenvalue weighted by Gasteiger charge is -2.10. The van der Waals surface area contributed by atoms with Crippen LogP contribution in [0.3, 0.4) is 0 Å². The normalized spacial score (nSPS) is 10.3. The highest BCUT2D eigenvalue weighted by atomic mass is 16.5. The van der Waals surface area contributed by atoms with Crippen molar-refractivity contribution in [3.63, 3.8) is 0 Å². The van der Waals surface area contributed by atoms with E-state index >= 15 is 0 Å². The van der Waals surface area contributed by atoms with Gasteiger partial charge in [0.1, 0.15) is 5.75 Å². The molecule has 6 heteroatoms. The lowest BCUT2D eigenvalue weighted by Crippen LogP contribution is -2.23. The van der Waals surface area contributed by atoms with E-state index in [1.54, 1.807) is 31.4 Å². The van der Waals surface area contributed by atoms with E-state index in [4.69, 9.17) is 4.74 Å². The Morgan fingerprint density at radius 2 is 1.52 bits per heavy atom. The van der Waals surface area contributed by atoms with Gasteiger partial charge in [0, 0.05) is 23.5 Å². The van der Waals surface area contributed by atoms with Crippen molar-refractivity contribution < 1.29 is 14.3 Å². The number of aryl methyl sites for hydroxylation is 2. The predicted molar refractivity (Wildman–Crippen MR) is 124 cm³/mol. The Labute approximate surface area is 182 Å². The van der Waals surface area contributed by atoms with E-state index in [2.05, 4.69) is 22.9 Å². The number of rotatable bonds is 8. The molecule has 0 heterocycles. The van der Waals surface area contributed by atoms with Gasteiger partial charge in [-0.05, 0) is 79.1 Å². The smallest absolute Gasteiger partial charge is 0.251 e. The number of methoxy groups -OCH3 is 1. The van der Waals surface area contributed by atoms with Gasteiger partial charge in [-0.25, -0.2) is 0 Å². The first-order valence-electron chi connectivity index (χ1n) is 10.1. The molecule has 6 nitrogen and oxygen atoms in total. The van der Waals surface area contributed by atoms with E-state index in [9.17, 15) is 9.59 Å². The highest BCUT2D eigenvalue weighted by Crippen LogP contribution is 2.15. The molecule has 0 radical (unpaired) electrons. The Morgan fingerprint density at radius 1 is 0.839 bits per heavy atom. The zero-order valence-corrected chi connectivity index (χ0v) is 18.0. The number of hydrogen-bond acceptors (Lipinski definition) is 4. The highest BCUT2D eigenvalue weighted by molar-refractivity contribution is 5.96. The fourth-order valence-electron chi connectivity index (χ4n) is 2.97. The van der Waals surface area contributed by atoms with Gasteiger partial charge in [-0.3, -0.25) is 9.59 Å². The van der Waals surface area contributed by atoms with Crippen molar-refractivity contribution in [2.24, 2.45) is 0 Å². The van der Waals surface area contributed by atoms with Crippen LogP contribution in [0.4, 0.5) is 11.4 Å². The molecule has 3 aromatic rings. The van der Waals surface area contributed by atoms with Gasteiger partial charge in [0.25, 0.3) is 5.91 Å². The van der Waals surface area contributed by atoms with Crippen LogP contribution < -0.4 is 20.7 Å². The molecule has 3 aromatic carbocycles. The molecule has 31 heavy (non-hydrogen) atoms. The maximum Gasteiger partial charge on any atom is 0.251 e. The zero-order chi connectivity index (χ0) is 22.2. The van der Waals surface area contributed by atoms with Crippen LogP contribution in [0, 0.1) is 13.8 Å². The molecule has 0 saturated carbocycles. The molecule has 3 rings (SSSR count). The second-order valence-corrected chi connectivity index (χ2v) is 7.31. The first-order valence-corrected chi connectivity index (χ1v) is 10.1. The second kappa shape index (κ2) is 10.3. The molecule has 0 aromatic heterocycles. The molecule has 0 aliphatic carbocycles. The molecule has 0 saturated heterocycles. The minimum Gasteiger partial charge on any atom is -0.497 e. The molecule has 160 valence electrons. The zero-order valence-electron chi connectivity index (χ0n) is 18.0. The van der Waals surface area contributed by atoms with Crippen LogP contribution in [0.5, 0.6) is 5.75 Å². The molecule has 0 atom stereocenters. The number of amides is 2. The summed E-state index contributed by atoms with van der Waals surface area (Å²) in [5.74, 6) is 0.442. The van der Waals surface area contributed by atoms with Crippen molar-refractivity contribution in [2.45, 2.75) is 20.4 Å². The summed E-state index contributed by atoms with van der Waals surface area (Å²) in [5.41, 5.74) is 5.43. The predicted octanol–water partition coefficient (Wildman–Crippen LogP) is 4.29. The van der Waals surface area contributed by atoms with Gasteiger partial charge < -0.3 is 20.7 Å². The monoisotopic (exact) mass is 417 g/mol. The standard InChI is InChI=1S/C25H27N3O3/c1-17-4-9-22(14-18(17)2)26-16-24(29)28-21-10-7-20(8-11-21)25(30)27-15-19-5-12-23(31-3)13-6-19/h4-14,26H,15-16H2,1-3H3,(H,27,30)(H,28,29). The van der Waals surface area contributed by atoms with Gasteiger partial charge in [0.2, 0.25) is 5.91 Å². The summed E-state index contributed by atoms with van der Waals surface area (Å²) in [6.07, 6.45) is 0. The lowest BCUT2D eigenvalue weighted by atomic mass is 10.1. The summed E-state index contributed by atoms with van der Waals surface area (Å²) in [6.45, 7) is 4.67. The van der Waals surface area contributed by atoms with Crippen molar-refractivity contribution in [3.8, 4) is 5.75 Å². The van der Waals surface area contributed by atoms with Crippen LogP contribution in [0.15, 0.2) is 66.7 Å². The Hall–Kier alpha value is -3.80. The van der Waals surface area contributed by atoms with Crippen LogP contribution in [0.1, 0.15) is 27.0 Å². The topological polar surface area (TPSA) is 79.5 Å². The van der Waals surface area contributed by atoms with Crippen molar-refractivity contribution in [1.29, 1.82) is 0 Å². The summed E-state index contributed by atoms with van der Waals surface area (Å²) >= 11 is 0. The van der Waals surface area contributed by atoms with E-state index in [0.29, 0.717) is 17.8 Å². The third kappa shape index (κ3) is 6.34. The van der Waals surface area contributed by atoms with Crippen LogP contribution in [0.25, 0.3) is 0 Å². The highest BCUT2D eigenvalue weighted by Gasteiger charge is 2.07. The van der Waals surface area contributed by atoms with E-state index in [1.165, 1.54) is 11.1 Å². The van der Waals surface area contributed by atoms with E-state index < -0.39 is 0 Å². The summed E-state index contributed by atoms with van der Waals surface area (Å²) in [5, 5.41) is 8.83. The first kappa shape index (κ1) is 21.9. The average Bonchev–Trinajstić information content (AvgIpc) is 2.79. The number of ether oxygens (including phenoxy) is 1. The fraction of sp³-hybridized carbons (Fsp3) is 0.200. The molecule has 0 aliphatic heterocycles.